The number of aliphatic hydroxyl groups excluding tert-OH is 1. The lowest BCUT2D eigenvalue weighted by molar-refractivity contribution is -0.150. The minimum atomic E-state index is -2.53. The number of carbonyl (C=O) groups is 3. The van der Waals surface area contributed by atoms with Gasteiger partial charge in [-0.2, -0.15) is 0 Å². The van der Waals surface area contributed by atoms with Crippen molar-refractivity contribution in [2.24, 2.45) is 5.41 Å². The van der Waals surface area contributed by atoms with Crippen LogP contribution >= 0.6 is 0 Å². The number of hydrogen-bond donors (Lipinski definition) is 3. The van der Waals surface area contributed by atoms with Crippen molar-refractivity contribution in [3.63, 3.8) is 0 Å². The van der Waals surface area contributed by atoms with Crippen LogP contribution in [0.25, 0.3) is 33.3 Å². The predicted molar refractivity (Wildman–Crippen MR) is 295 cm³/mol. The number of methoxy groups -OCH3 is 2. The second-order valence-electron chi connectivity index (χ2n) is 22.6. The molecule has 1 saturated heterocycles. The number of esters is 1. The average Bonchev–Trinajstić information content (AvgIpc) is 3.66. The van der Waals surface area contributed by atoms with Crippen LogP contribution in [-0.2, 0) is 49.8 Å². The number of nitrogens with zero attached hydrogens (tertiary/aromatic N) is 3. The van der Waals surface area contributed by atoms with E-state index in [1.807, 2.05) is 43.3 Å². The summed E-state index contributed by atoms with van der Waals surface area (Å²) in [6.45, 7) is 28.4. The molecule has 3 N–H and O–H groups in total. The molecule has 0 spiro atoms. The van der Waals surface area contributed by atoms with Crippen molar-refractivity contribution in [1.82, 2.24) is 25.3 Å². The molecule has 0 bridgehead atoms. The summed E-state index contributed by atoms with van der Waals surface area (Å²) in [6.07, 6.45) is 2.39. The molecule has 3 heterocycles. The molecule has 1 fully saturated rings. The maximum atomic E-state index is 14.7. The van der Waals surface area contributed by atoms with Crippen molar-refractivity contribution >= 4 is 37.2 Å². The number of pyridine rings is 1. The number of hydrogen-bond acceptors (Lipinski definition) is 11. The predicted octanol–water partition coefficient (Wildman–Crippen LogP) is 11.9. The number of aryl methyl sites for hydroxylation is 1. The SMILES string of the molecule is CCn1c(-c2cc(OCc3ccccc3)cnc2[C@H](C)OC)c(CC(C)(C)CO)c2cc(-c3cc(C[C@H](NC(=O)OC(C)(C)C)C(=O)N4CCC[C@@H](C(=O)OC)N4)cc(O[Si](C(C)C)(C(C)C)C(C)C)c3)ccc21. The van der Waals surface area contributed by atoms with Crippen LogP contribution in [-0.4, -0.2) is 91.0 Å². The molecule has 2 amide bonds. The lowest BCUT2D eigenvalue weighted by Crippen LogP contribution is -2.60. The van der Waals surface area contributed by atoms with Gasteiger partial charge in [-0.3, -0.25) is 19.6 Å². The summed E-state index contributed by atoms with van der Waals surface area (Å²) in [5.74, 6) is 0.439. The van der Waals surface area contributed by atoms with Crippen LogP contribution in [0.2, 0.25) is 16.6 Å². The van der Waals surface area contributed by atoms with Crippen molar-refractivity contribution in [2.45, 2.75) is 169 Å². The number of rotatable bonds is 21. The number of amides is 2. The fraction of sp³-hybridized carbons (Fsp3) is 0.525. The Morgan fingerprint density at radius 2 is 1.55 bits per heavy atom. The summed E-state index contributed by atoms with van der Waals surface area (Å²) >= 11 is 0. The smallest absolute Gasteiger partial charge is 0.408 e. The largest absolute Gasteiger partial charge is 0.543 e. The van der Waals surface area contributed by atoms with Crippen LogP contribution in [0.1, 0.15) is 131 Å². The number of ether oxygens (including phenoxy) is 4. The molecule has 3 aromatic carbocycles. The van der Waals surface area contributed by atoms with Crippen LogP contribution in [0.5, 0.6) is 11.5 Å². The van der Waals surface area contributed by atoms with Crippen molar-refractivity contribution in [3.8, 4) is 33.9 Å². The van der Waals surface area contributed by atoms with Gasteiger partial charge in [0, 0.05) is 49.7 Å². The zero-order valence-electron chi connectivity index (χ0n) is 46.7. The van der Waals surface area contributed by atoms with Gasteiger partial charge in [0.2, 0.25) is 0 Å². The van der Waals surface area contributed by atoms with E-state index in [-0.39, 0.29) is 35.8 Å². The Balaban J connectivity index is 1.57. The number of benzene rings is 3. The monoisotopic (exact) mass is 1030 g/mol. The molecule has 74 heavy (non-hydrogen) atoms. The topological polar surface area (TPSA) is 163 Å². The molecule has 3 atom stereocenters. The van der Waals surface area contributed by atoms with Crippen molar-refractivity contribution in [1.29, 1.82) is 0 Å². The van der Waals surface area contributed by atoms with E-state index in [9.17, 15) is 19.5 Å². The second kappa shape index (κ2) is 24.3. The highest BCUT2D eigenvalue weighted by atomic mass is 28.4. The normalized spacial score (nSPS) is 15.4. The minimum Gasteiger partial charge on any atom is -0.543 e. The van der Waals surface area contributed by atoms with Gasteiger partial charge >= 0.3 is 12.1 Å². The summed E-state index contributed by atoms with van der Waals surface area (Å²) in [5.41, 5.74) is 10.9. The van der Waals surface area contributed by atoms with E-state index < -0.39 is 49.4 Å². The van der Waals surface area contributed by atoms with Crippen LogP contribution in [0, 0.1) is 5.41 Å². The molecule has 6 rings (SSSR count). The first-order chi connectivity index (χ1) is 34.9. The highest BCUT2D eigenvalue weighted by Crippen LogP contribution is 2.46. The molecule has 0 saturated carbocycles. The molecule has 5 aromatic rings. The Labute approximate surface area is 441 Å². The first kappa shape index (κ1) is 57.5. The number of alkyl carbamates (subject to hydrolysis) is 1. The molecular weight excluding hydrogens is 951 g/mol. The second-order valence-corrected chi connectivity index (χ2v) is 28.0. The Morgan fingerprint density at radius 1 is 0.865 bits per heavy atom. The molecule has 0 aliphatic carbocycles. The van der Waals surface area contributed by atoms with Gasteiger partial charge in [-0.1, -0.05) is 97.9 Å². The highest BCUT2D eigenvalue weighted by molar-refractivity contribution is 6.78. The van der Waals surface area contributed by atoms with Gasteiger partial charge in [0.1, 0.15) is 35.8 Å². The summed E-state index contributed by atoms with van der Waals surface area (Å²) in [7, 11) is 0.482. The zero-order chi connectivity index (χ0) is 54.3. The lowest BCUT2D eigenvalue weighted by Gasteiger charge is -2.42. The fourth-order valence-electron chi connectivity index (χ4n) is 10.7. The third-order valence-corrected chi connectivity index (χ3v) is 20.4. The number of aliphatic hydroxyl groups is 1. The third-order valence-electron chi connectivity index (χ3n) is 14.4. The molecule has 0 radical (unpaired) electrons. The van der Waals surface area contributed by atoms with Crippen LogP contribution in [0.15, 0.2) is 79.0 Å². The molecule has 15 heteroatoms. The molecule has 1 aliphatic rings. The number of nitrogens with one attached hydrogen (secondary N) is 2. The minimum absolute atomic E-state index is 0.0335. The van der Waals surface area contributed by atoms with Crippen molar-refractivity contribution in [3.05, 3.63) is 101 Å². The van der Waals surface area contributed by atoms with E-state index in [4.69, 9.17) is 28.4 Å². The molecule has 2 aromatic heterocycles. The molecular formula is C59H83N5O9Si. The van der Waals surface area contributed by atoms with E-state index in [1.165, 1.54) is 12.1 Å². The van der Waals surface area contributed by atoms with Crippen LogP contribution < -0.4 is 19.9 Å². The summed E-state index contributed by atoms with van der Waals surface area (Å²) in [4.78, 5) is 46.0. The lowest BCUT2D eigenvalue weighted by atomic mass is 9.84. The molecule has 1 aliphatic heterocycles. The first-order valence-electron chi connectivity index (χ1n) is 26.4. The first-order valence-corrected chi connectivity index (χ1v) is 28.5. The van der Waals surface area contributed by atoms with Gasteiger partial charge in [-0.25, -0.2) is 10.2 Å². The highest BCUT2D eigenvalue weighted by Gasteiger charge is 2.47. The van der Waals surface area contributed by atoms with E-state index in [2.05, 4.69) is 114 Å². The Morgan fingerprint density at radius 3 is 2.16 bits per heavy atom. The van der Waals surface area contributed by atoms with Gasteiger partial charge in [-0.05, 0) is 134 Å². The standard InChI is InChI=1S/C59H83N5O9Si/c1-16-63-52-25-24-43(31-47(52)49(33-59(12,13)36-65)54(63)48-32-46(34-60-53(48)40(8)69-14)71-35-41-21-18-17-19-22-41)44-27-42(28-45(30-44)73-74(37(2)3,38(4)5)39(6)7)29-51(61-57(68)72-58(9,10)11)55(66)64-26-20-23-50(62-64)56(67)70-15/h17-19,21-22,24-25,27-28,30-32,34,37-40,50-51,62,65H,16,20,23,26,29,33,35-36H2,1-15H3,(H,61,68)/t40-,50-,51-/m0/s1. The third kappa shape index (κ3) is 13.4. The molecule has 0 unspecified atom stereocenters. The Kier molecular flexibility index (Phi) is 18.9. The number of aromatic nitrogens is 2. The molecule has 14 nitrogen and oxygen atoms in total. The van der Waals surface area contributed by atoms with E-state index in [0.717, 1.165) is 55.7 Å². The van der Waals surface area contributed by atoms with Crippen molar-refractivity contribution in [2.75, 3.05) is 27.4 Å². The number of hydrazine groups is 1. The Hall–Kier alpha value is -5.74. The van der Waals surface area contributed by atoms with Crippen LogP contribution in [0.4, 0.5) is 4.79 Å². The van der Waals surface area contributed by atoms with Gasteiger partial charge < -0.3 is 38.4 Å². The van der Waals surface area contributed by atoms with E-state index >= 15 is 0 Å². The van der Waals surface area contributed by atoms with Gasteiger partial charge in [0.15, 0.2) is 0 Å². The van der Waals surface area contributed by atoms with Gasteiger partial charge in [-0.15, -0.1) is 0 Å². The van der Waals surface area contributed by atoms with E-state index in [1.54, 1.807) is 34.1 Å². The number of carbonyl (C=O) groups excluding carboxylic acids is 3. The average molecular weight is 1030 g/mol. The van der Waals surface area contributed by atoms with E-state index in [0.29, 0.717) is 50.5 Å². The van der Waals surface area contributed by atoms with Gasteiger partial charge in [0.25, 0.3) is 14.2 Å². The van der Waals surface area contributed by atoms with Crippen LogP contribution in [0.3, 0.4) is 0 Å². The quantitative estimate of drug-likeness (QED) is 0.0474. The van der Waals surface area contributed by atoms with Crippen molar-refractivity contribution < 1.29 is 42.9 Å². The maximum absolute atomic E-state index is 14.7. The fourth-order valence-corrected chi connectivity index (χ4v) is 16.0. The zero-order valence-corrected chi connectivity index (χ0v) is 47.7. The Bertz CT molecular complexity index is 2710. The summed E-state index contributed by atoms with van der Waals surface area (Å²) in [6, 6.07) is 23.0. The maximum Gasteiger partial charge on any atom is 0.408 e. The number of fused-ring (bicyclic) bond motifs is 1. The van der Waals surface area contributed by atoms with Gasteiger partial charge in [0.05, 0.1) is 30.8 Å². The summed E-state index contributed by atoms with van der Waals surface area (Å²) in [5, 5.41) is 16.2. The summed E-state index contributed by atoms with van der Waals surface area (Å²) < 4.78 is 32.9. The molecule has 402 valence electrons.